The highest BCUT2D eigenvalue weighted by molar-refractivity contribution is 7.15. The summed E-state index contributed by atoms with van der Waals surface area (Å²) in [6.07, 6.45) is 3.03. The van der Waals surface area contributed by atoms with Gasteiger partial charge in [-0.05, 0) is 19.8 Å². The van der Waals surface area contributed by atoms with Gasteiger partial charge in [0.05, 0.1) is 0 Å². The Bertz CT molecular complexity index is 392. The molecular formula is C10H15N3O3S. The third-order valence-electron chi connectivity index (χ3n) is 1.94. The minimum Gasteiger partial charge on any atom is -0.481 e. The van der Waals surface area contributed by atoms with Gasteiger partial charge in [-0.3, -0.25) is 10.1 Å². The van der Waals surface area contributed by atoms with Gasteiger partial charge in [0.2, 0.25) is 0 Å². The summed E-state index contributed by atoms with van der Waals surface area (Å²) in [5.74, 6) is -0.812. The van der Waals surface area contributed by atoms with Gasteiger partial charge in [0.15, 0.2) is 5.13 Å². The van der Waals surface area contributed by atoms with Crippen molar-refractivity contribution in [1.29, 1.82) is 0 Å². The number of carbonyl (C=O) groups is 2. The van der Waals surface area contributed by atoms with E-state index in [0.29, 0.717) is 24.5 Å². The van der Waals surface area contributed by atoms with E-state index in [-0.39, 0.29) is 12.5 Å². The van der Waals surface area contributed by atoms with Gasteiger partial charge in [0.1, 0.15) is 0 Å². The third kappa shape index (κ3) is 5.86. The molecule has 0 aliphatic heterocycles. The summed E-state index contributed by atoms with van der Waals surface area (Å²) < 4.78 is 0. The summed E-state index contributed by atoms with van der Waals surface area (Å²) in [7, 11) is 0. The summed E-state index contributed by atoms with van der Waals surface area (Å²) in [4.78, 5) is 26.6. The lowest BCUT2D eigenvalue weighted by Gasteiger charge is -2.04. The Morgan fingerprint density at radius 3 is 2.82 bits per heavy atom. The molecule has 0 spiro atoms. The number of aromatic nitrogens is 1. The summed E-state index contributed by atoms with van der Waals surface area (Å²) in [6, 6.07) is -0.310. The van der Waals surface area contributed by atoms with Crippen molar-refractivity contribution in [2.45, 2.75) is 26.2 Å². The molecule has 6 nitrogen and oxygen atoms in total. The number of hydrogen-bond donors (Lipinski definition) is 3. The Morgan fingerprint density at radius 2 is 2.24 bits per heavy atom. The van der Waals surface area contributed by atoms with Crippen molar-refractivity contribution in [3.05, 3.63) is 11.1 Å². The zero-order valence-corrected chi connectivity index (χ0v) is 10.3. The van der Waals surface area contributed by atoms with Crippen molar-refractivity contribution < 1.29 is 14.7 Å². The monoisotopic (exact) mass is 257 g/mol. The predicted molar refractivity (Wildman–Crippen MR) is 65.4 cm³/mol. The number of amides is 2. The van der Waals surface area contributed by atoms with Crippen LogP contribution in [0, 0.1) is 6.92 Å². The molecule has 2 amide bonds. The van der Waals surface area contributed by atoms with Gasteiger partial charge in [-0.15, -0.1) is 11.3 Å². The highest BCUT2D eigenvalue weighted by atomic mass is 32.1. The minimum absolute atomic E-state index is 0.134. The molecule has 0 aromatic carbocycles. The fraction of sp³-hybridized carbons (Fsp3) is 0.500. The quantitative estimate of drug-likeness (QED) is 0.678. The van der Waals surface area contributed by atoms with Gasteiger partial charge < -0.3 is 10.4 Å². The Labute approximate surface area is 103 Å². The van der Waals surface area contributed by atoms with E-state index in [9.17, 15) is 9.59 Å². The van der Waals surface area contributed by atoms with E-state index in [0.717, 1.165) is 4.88 Å². The summed E-state index contributed by atoms with van der Waals surface area (Å²) in [6.45, 7) is 2.37. The largest absolute Gasteiger partial charge is 0.481 e. The Balaban J connectivity index is 2.11. The van der Waals surface area contributed by atoms with Crippen LogP contribution in [0.1, 0.15) is 24.1 Å². The van der Waals surface area contributed by atoms with Crippen LogP contribution < -0.4 is 10.6 Å². The zero-order chi connectivity index (χ0) is 12.7. The molecule has 7 heteroatoms. The number of aliphatic carboxylic acids is 1. The molecule has 0 unspecified atom stereocenters. The topological polar surface area (TPSA) is 91.3 Å². The van der Waals surface area contributed by atoms with Crippen LogP contribution in [0.15, 0.2) is 6.20 Å². The van der Waals surface area contributed by atoms with Crippen LogP contribution in [0.5, 0.6) is 0 Å². The Morgan fingerprint density at radius 1 is 1.47 bits per heavy atom. The number of carbonyl (C=O) groups excluding carboxylic acids is 1. The van der Waals surface area contributed by atoms with Gasteiger partial charge in [0, 0.05) is 24.0 Å². The second kappa shape index (κ2) is 6.85. The lowest BCUT2D eigenvalue weighted by Crippen LogP contribution is -2.29. The molecule has 0 saturated carbocycles. The summed E-state index contributed by atoms with van der Waals surface area (Å²) >= 11 is 1.40. The number of hydrogen-bond acceptors (Lipinski definition) is 4. The smallest absolute Gasteiger partial charge is 0.321 e. The lowest BCUT2D eigenvalue weighted by molar-refractivity contribution is -0.137. The van der Waals surface area contributed by atoms with E-state index in [1.807, 2.05) is 6.92 Å². The number of thiazole rings is 1. The van der Waals surface area contributed by atoms with Crippen LogP contribution in [0.4, 0.5) is 9.93 Å². The van der Waals surface area contributed by atoms with Crippen LogP contribution >= 0.6 is 11.3 Å². The molecule has 0 aliphatic carbocycles. The number of nitrogens with one attached hydrogen (secondary N) is 2. The van der Waals surface area contributed by atoms with Gasteiger partial charge in [-0.2, -0.15) is 0 Å². The first-order chi connectivity index (χ1) is 8.08. The van der Waals surface area contributed by atoms with Gasteiger partial charge >= 0.3 is 12.0 Å². The molecule has 0 atom stereocenters. The maximum Gasteiger partial charge on any atom is 0.321 e. The van der Waals surface area contributed by atoms with Gasteiger partial charge in [-0.1, -0.05) is 0 Å². The van der Waals surface area contributed by atoms with Crippen molar-refractivity contribution in [3.63, 3.8) is 0 Å². The van der Waals surface area contributed by atoms with Crippen molar-refractivity contribution in [2.24, 2.45) is 0 Å². The van der Waals surface area contributed by atoms with E-state index in [1.165, 1.54) is 11.3 Å². The van der Waals surface area contributed by atoms with Crippen molar-refractivity contribution in [2.75, 3.05) is 11.9 Å². The normalized spacial score (nSPS) is 9.94. The number of unbranched alkanes of at least 4 members (excludes halogenated alkanes) is 1. The number of anilines is 1. The van der Waals surface area contributed by atoms with E-state index < -0.39 is 5.97 Å². The van der Waals surface area contributed by atoms with E-state index >= 15 is 0 Å². The fourth-order valence-corrected chi connectivity index (χ4v) is 1.82. The van der Waals surface area contributed by atoms with E-state index in [2.05, 4.69) is 15.6 Å². The number of urea groups is 1. The molecule has 94 valence electrons. The standard InChI is InChI=1S/C10H15N3O3S/c1-7-6-12-10(17-7)13-9(16)11-5-3-2-4-8(14)15/h6H,2-5H2,1H3,(H,14,15)(H2,11,12,13,16). The highest BCUT2D eigenvalue weighted by Gasteiger charge is 2.04. The molecule has 1 aromatic heterocycles. The lowest BCUT2D eigenvalue weighted by atomic mass is 10.2. The molecule has 1 rings (SSSR count). The molecular weight excluding hydrogens is 242 g/mol. The second-order valence-corrected chi connectivity index (χ2v) is 4.74. The number of nitrogens with zero attached hydrogens (tertiary/aromatic N) is 1. The van der Waals surface area contributed by atoms with Crippen LogP contribution in [0.25, 0.3) is 0 Å². The molecule has 0 fully saturated rings. The number of carboxylic acid groups (broad SMARTS) is 1. The number of aryl methyl sites for hydroxylation is 1. The van der Waals surface area contributed by atoms with E-state index in [4.69, 9.17) is 5.11 Å². The zero-order valence-electron chi connectivity index (χ0n) is 9.52. The number of carboxylic acids is 1. The molecule has 17 heavy (non-hydrogen) atoms. The average Bonchev–Trinajstić information content (AvgIpc) is 2.63. The van der Waals surface area contributed by atoms with Crippen LogP contribution in [-0.4, -0.2) is 28.6 Å². The third-order valence-corrected chi connectivity index (χ3v) is 2.77. The van der Waals surface area contributed by atoms with Crippen LogP contribution in [0.3, 0.4) is 0 Å². The van der Waals surface area contributed by atoms with Gasteiger partial charge in [0.25, 0.3) is 0 Å². The van der Waals surface area contributed by atoms with Crippen LogP contribution in [0.2, 0.25) is 0 Å². The first-order valence-corrected chi connectivity index (χ1v) is 6.08. The van der Waals surface area contributed by atoms with Gasteiger partial charge in [-0.25, -0.2) is 9.78 Å². The summed E-state index contributed by atoms with van der Waals surface area (Å²) in [5, 5.41) is 14.2. The first kappa shape index (κ1) is 13.4. The van der Waals surface area contributed by atoms with Crippen molar-refractivity contribution >= 4 is 28.5 Å². The molecule has 1 aromatic rings. The van der Waals surface area contributed by atoms with Crippen molar-refractivity contribution in [1.82, 2.24) is 10.3 Å². The minimum atomic E-state index is -0.812. The molecule has 0 bridgehead atoms. The molecule has 3 N–H and O–H groups in total. The van der Waals surface area contributed by atoms with E-state index in [1.54, 1.807) is 6.20 Å². The summed E-state index contributed by atoms with van der Waals surface area (Å²) in [5.41, 5.74) is 0. The first-order valence-electron chi connectivity index (χ1n) is 5.27. The molecule has 0 aliphatic rings. The highest BCUT2D eigenvalue weighted by Crippen LogP contribution is 2.15. The molecule has 0 saturated heterocycles. The predicted octanol–water partition coefficient (Wildman–Crippen LogP) is 1.83. The van der Waals surface area contributed by atoms with Crippen molar-refractivity contribution in [3.8, 4) is 0 Å². The molecule has 0 radical (unpaired) electrons. The fourth-order valence-electron chi connectivity index (χ4n) is 1.16. The Kier molecular flexibility index (Phi) is 5.41. The second-order valence-electron chi connectivity index (χ2n) is 3.51. The average molecular weight is 257 g/mol. The van der Waals surface area contributed by atoms with Crippen LogP contribution in [-0.2, 0) is 4.79 Å². The number of rotatable bonds is 6. The Hall–Kier alpha value is -1.63. The maximum absolute atomic E-state index is 11.3. The SMILES string of the molecule is Cc1cnc(NC(=O)NCCCCC(=O)O)s1. The molecule has 1 heterocycles. The maximum atomic E-state index is 11.3.